The molecule has 0 bridgehead atoms. The smallest absolute Gasteiger partial charge is 0.116 e. The molecule has 1 aromatic rings. The normalized spacial score (nSPS) is 6.78. The van der Waals surface area contributed by atoms with Gasteiger partial charge >= 0.3 is 0 Å². The molecule has 1 heteroatoms. The van der Waals surface area contributed by atoms with Crippen molar-refractivity contribution in [3.8, 4) is 0 Å². The molecule has 0 heterocycles. The van der Waals surface area contributed by atoms with E-state index in [0.717, 1.165) is 6.29 Å². The number of hydrogen-bond acceptors (Lipinski definition) is 1. The number of benzene rings is 1. The molecular formula is C8H10O. The first-order chi connectivity index (χ1) is 4.41. The Morgan fingerprint density at radius 3 is 1.11 bits per heavy atom. The van der Waals surface area contributed by atoms with Crippen molar-refractivity contribution in [2.24, 2.45) is 0 Å². The molecule has 0 aliphatic rings. The molecule has 0 N–H and O–H groups in total. The Morgan fingerprint density at radius 1 is 0.889 bits per heavy atom. The summed E-state index contributed by atoms with van der Waals surface area (Å²) in [5, 5.41) is 0. The highest BCUT2D eigenvalue weighted by atomic mass is 16.1. The number of aldehydes is 1. The summed E-state index contributed by atoms with van der Waals surface area (Å²) >= 11 is 0. The summed E-state index contributed by atoms with van der Waals surface area (Å²) in [7, 11) is 0. The zero-order valence-corrected chi connectivity index (χ0v) is 5.45. The number of rotatable bonds is 0. The molecule has 0 fully saturated rings. The van der Waals surface area contributed by atoms with Gasteiger partial charge in [0.2, 0.25) is 0 Å². The molecule has 9 heavy (non-hydrogen) atoms. The van der Waals surface area contributed by atoms with Crippen molar-refractivity contribution >= 4 is 6.29 Å². The van der Waals surface area contributed by atoms with Crippen LogP contribution in [0.5, 0.6) is 0 Å². The lowest BCUT2D eigenvalue weighted by molar-refractivity contribution is -0.106. The van der Waals surface area contributed by atoms with Crippen LogP contribution in [0.1, 0.15) is 6.92 Å². The van der Waals surface area contributed by atoms with E-state index in [1.165, 1.54) is 6.92 Å². The summed E-state index contributed by atoms with van der Waals surface area (Å²) in [6.07, 6.45) is 0.750. The van der Waals surface area contributed by atoms with Gasteiger partial charge in [0.25, 0.3) is 0 Å². The van der Waals surface area contributed by atoms with Crippen LogP contribution in [0, 0.1) is 0 Å². The molecule has 0 saturated carbocycles. The van der Waals surface area contributed by atoms with E-state index >= 15 is 0 Å². The quantitative estimate of drug-likeness (QED) is 0.480. The Hall–Kier alpha value is -1.11. The Kier molecular flexibility index (Phi) is 6.04. The van der Waals surface area contributed by atoms with E-state index in [1.54, 1.807) is 0 Å². The van der Waals surface area contributed by atoms with Crippen molar-refractivity contribution in [2.75, 3.05) is 0 Å². The van der Waals surface area contributed by atoms with Crippen LogP contribution in [0.2, 0.25) is 0 Å². The molecule has 0 aromatic heterocycles. The summed E-state index contributed by atoms with van der Waals surface area (Å²) < 4.78 is 0. The van der Waals surface area contributed by atoms with E-state index < -0.39 is 0 Å². The highest BCUT2D eigenvalue weighted by molar-refractivity contribution is 5.44. The molecule has 0 unspecified atom stereocenters. The van der Waals surface area contributed by atoms with Crippen LogP contribution in [-0.2, 0) is 4.79 Å². The molecule has 0 radical (unpaired) electrons. The lowest BCUT2D eigenvalue weighted by Gasteiger charge is -1.69. The third kappa shape index (κ3) is 6.89. The van der Waals surface area contributed by atoms with Crippen LogP contribution in [0.3, 0.4) is 0 Å². The van der Waals surface area contributed by atoms with E-state index in [-0.39, 0.29) is 0 Å². The molecule has 0 spiro atoms. The lowest BCUT2D eigenvalue weighted by atomic mass is 10.4. The second-order valence-corrected chi connectivity index (χ2v) is 1.39. The summed E-state index contributed by atoms with van der Waals surface area (Å²) in [4.78, 5) is 8.81. The predicted octanol–water partition coefficient (Wildman–Crippen LogP) is 1.89. The number of carbonyl (C=O) groups is 1. The van der Waals surface area contributed by atoms with E-state index in [0.29, 0.717) is 0 Å². The van der Waals surface area contributed by atoms with Gasteiger partial charge in [0.1, 0.15) is 6.29 Å². The third-order valence-corrected chi connectivity index (χ3v) is 0.667. The molecule has 1 nitrogen and oxygen atoms in total. The topological polar surface area (TPSA) is 17.1 Å². The maximum absolute atomic E-state index is 8.81. The van der Waals surface area contributed by atoms with E-state index in [2.05, 4.69) is 0 Å². The second kappa shape index (κ2) is 6.89. The summed E-state index contributed by atoms with van der Waals surface area (Å²) in [5.41, 5.74) is 0. The minimum Gasteiger partial charge on any atom is -0.304 e. The Labute approximate surface area is 55.3 Å². The van der Waals surface area contributed by atoms with Crippen molar-refractivity contribution in [3.63, 3.8) is 0 Å². The van der Waals surface area contributed by atoms with Gasteiger partial charge in [0.15, 0.2) is 0 Å². The molecule has 0 aliphatic carbocycles. The highest BCUT2D eigenvalue weighted by Gasteiger charge is 1.57. The fourth-order valence-corrected chi connectivity index (χ4v) is 0.385. The second-order valence-electron chi connectivity index (χ2n) is 1.39. The maximum atomic E-state index is 8.81. The zero-order chi connectivity index (χ0) is 6.95. The van der Waals surface area contributed by atoms with Gasteiger partial charge in [-0.05, 0) is 6.92 Å². The van der Waals surface area contributed by atoms with Gasteiger partial charge in [0.05, 0.1) is 0 Å². The van der Waals surface area contributed by atoms with Gasteiger partial charge in [-0.2, -0.15) is 0 Å². The van der Waals surface area contributed by atoms with Gasteiger partial charge < -0.3 is 4.79 Å². The SMILES string of the molecule is CC=O.c1ccccc1. The molecule has 0 amide bonds. The molecule has 1 rings (SSSR count). The lowest BCUT2D eigenvalue weighted by Crippen LogP contribution is -1.47. The molecular weight excluding hydrogens is 112 g/mol. The Balaban J connectivity index is 0.000000187. The largest absolute Gasteiger partial charge is 0.304 e. The Morgan fingerprint density at radius 2 is 1.00 bits per heavy atom. The minimum atomic E-state index is 0.750. The first-order valence-electron chi connectivity index (χ1n) is 2.81. The monoisotopic (exact) mass is 122 g/mol. The zero-order valence-electron chi connectivity index (χ0n) is 5.45. The minimum absolute atomic E-state index is 0.750. The average molecular weight is 122 g/mol. The number of hydrogen-bond donors (Lipinski definition) is 0. The first kappa shape index (κ1) is 7.89. The average Bonchev–Trinajstić information content (AvgIpc) is 1.93. The summed E-state index contributed by atoms with van der Waals surface area (Å²) in [5.74, 6) is 0. The van der Waals surface area contributed by atoms with Gasteiger partial charge in [-0.3, -0.25) is 0 Å². The molecule has 48 valence electrons. The molecule has 0 saturated heterocycles. The van der Waals surface area contributed by atoms with Crippen LogP contribution in [0.25, 0.3) is 0 Å². The van der Waals surface area contributed by atoms with Crippen molar-refractivity contribution in [1.29, 1.82) is 0 Å². The maximum Gasteiger partial charge on any atom is 0.116 e. The standard InChI is InChI=1S/C6H6.C2H4O/c1-2-4-6-5-3-1;1-2-3/h1-6H;2H,1H3. The van der Waals surface area contributed by atoms with Crippen molar-refractivity contribution in [1.82, 2.24) is 0 Å². The van der Waals surface area contributed by atoms with E-state index in [9.17, 15) is 0 Å². The fourth-order valence-electron chi connectivity index (χ4n) is 0.385. The van der Waals surface area contributed by atoms with E-state index in [4.69, 9.17) is 4.79 Å². The predicted molar refractivity (Wildman–Crippen MR) is 38.2 cm³/mol. The van der Waals surface area contributed by atoms with Gasteiger partial charge in [-0.25, -0.2) is 0 Å². The van der Waals surface area contributed by atoms with Crippen molar-refractivity contribution in [3.05, 3.63) is 36.4 Å². The van der Waals surface area contributed by atoms with E-state index in [1.807, 2.05) is 36.4 Å². The summed E-state index contributed by atoms with van der Waals surface area (Å²) in [6, 6.07) is 12.0. The van der Waals surface area contributed by atoms with Gasteiger partial charge in [-0.1, -0.05) is 36.4 Å². The Bertz CT molecular complexity index is 108. The van der Waals surface area contributed by atoms with Crippen molar-refractivity contribution < 1.29 is 4.79 Å². The van der Waals surface area contributed by atoms with Gasteiger partial charge in [-0.15, -0.1) is 0 Å². The van der Waals surface area contributed by atoms with Crippen LogP contribution in [-0.4, -0.2) is 6.29 Å². The van der Waals surface area contributed by atoms with Gasteiger partial charge in [0, 0.05) is 0 Å². The highest BCUT2D eigenvalue weighted by Crippen LogP contribution is 1.79. The fraction of sp³-hybridized carbons (Fsp3) is 0.125. The van der Waals surface area contributed by atoms with Crippen LogP contribution < -0.4 is 0 Å². The first-order valence-corrected chi connectivity index (χ1v) is 2.81. The summed E-state index contributed by atoms with van der Waals surface area (Å²) in [6.45, 7) is 1.44. The van der Waals surface area contributed by atoms with Crippen molar-refractivity contribution in [2.45, 2.75) is 6.92 Å². The third-order valence-electron chi connectivity index (χ3n) is 0.667. The van der Waals surface area contributed by atoms with Crippen LogP contribution in [0.4, 0.5) is 0 Å². The van der Waals surface area contributed by atoms with Crippen LogP contribution in [0.15, 0.2) is 36.4 Å². The molecule has 0 atom stereocenters. The van der Waals surface area contributed by atoms with Crippen LogP contribution >= 0.6 is 0 Å². The number of carbonyl (C=O) groups excluding carboxylic acids is 1. The molecule has 1 aromatic carbocycles. The molecule has 0 aliphatic heterocycles.